The van der Waals surface area contributed by atoms with Crippen LogP contribution in [-0.4, -0.2) is 26.4 Å². The summed E-state index contributed by atoms with van der Waals surface area (Å²) in [5.41, 5.74) is 0.506. The normalized spacial score (nSPS) is 33.4. The van der Waals surface area contributed by atoms with Gasteiger partial charge < -0.3 is 5.32 Å². The lowest BCUT2D eigenvalue weighted by molar-refractivity contribution is -0.0167. The Bertz CT molecular complexity index is 735. The van der Waals surface area contributed by atoms with Gasteiger partial charge >= 0.3 is 0 Å². The average molecular weight is 362 g/mol. The van der Waals surface area contributed by atoms with E-state index in [1.807, 2.05) is 0 Å². The van der Waals surface area contributed by atoms with Gasteiger partial charge in [0.1, 0.15) is 0 Å². The first-order valence-electron chi connectivity index (χ1n) is 9.31. The Morgan fingerprint density at radius 3 is 2.04 bits per heavy atom. The van der Waals surface area contributed by atoms with Crippen LogP contribution in [0.25, 0.3) is 0 Å². The van der Waals surface area contributed by atoms with Gasteiger partial charge in [-0.25, -0.2) is 13.1 Å². The lowest BCUT2D eigenvalue weighted by Gasteiger charge is -2.56. The van der Waals surface area contributed by atoms with Gasteiger partial charge in [-0.3, -0.25) is 4.79 Å². The molecule has 2 N–H and O–H groups in total. The van der Waals surface area contributed by atoms with Gasteiger partial charge in [0.05, 0.1) is 4.90 Å². The van der Waals surface area contributed by atoms with E-state index in [0.717, 1.165) is 37.0 Å². The number of carbonyl (C=O) groups is 1. The number of hydrogen-bond acceptors (Lipinski definition) is 3. The third-order valence-electron chi connectivity index (χ3n) is 6.18. The third-order valence-corrected chi connectivity index (χ3v) is 7.74. The zero-order valence-electron chi connectivity index (χ0n) is 14.6. The average Bonchev–Trinajstić information content (AvgIpc) is 2.53. The van der Waals surface area contributed by atoms with Gasteiger partial charge in [0.25, 0.3) is 5.91 Å². The zero-order chi connectivity index (χ0) is 17.7. The Kier molecular flexibility index (Phi) is 4.15. The van der Waals surface area contributed by atoms with Crippen LogP contribution in [0.1, 0.15) is 55.8 Å². The molecular formula is C19H26N2O3S. The van der Waals surface area contributed by atoms with E-state index < -0.39 is 10.0 Å². The van der Waals surface area contributed by atoms with Crippen LogP contribution in [0.3, 0.4) is 0 Å². The summed E-state index contributed by atoms with van der Waals surface area (Å²) in [6.07, 6.45) is 7.34. The molecule has 25 heavy (non-hydrogen) atoms. The standard InChI is InChI=1S/C19H26N2O3S/c1-2-20-25(23,24)17-5-3-16(4-6-17)18(22)21-19-10-13-7-14(11-19)9-15(8-13)12-19/h3-6,13-15,20H,2,7-12H2,1H3,(H,21,22). The molecule has 1 amide bonds. The molecule has 0 aromatic heterocycles. The molecule has 0 atom stereocenters. The number of nitrogens with one attached hydrogen (secondary N) is 2. The molecule has 6 heteroatoms. The Morgan fingerprint density at radius 2 is 1.56 bits per heavy atom. The second-order valence-electron chi connectivity index (χ2n) is 8.18. The van der Waals surface area contributed by atoms with Gasteiger partial charge in [-0.2, -0.15) is 0 Å². The number of sulfonamides is 1. The van der Waals surface area contributed by atoms with E-state index in [2.05, 4.69) is 10.0 Å². The largest absolute Gasteiger partial charge is 0.347 e. The number of amides is 1. The van der Waals surface area contributed by atoms with Gasteiger partial charge in [0, 0.05) is 17.6 Å². The van der Waals surface area contributed by atoms with Gasteiger partial charge in [0.15, 0.2) is 0 Å². The minimum atomic E-state index is -3.48. The monoisotopic (exact) mass is 362 g/mol. The van der Waals surface area contributed by atoms with E-state index >= 15 is 0 Å². The smallest absolute Gasteiger partial charge is 0.251 e. The van der Waals surface area contributed by atoms with Crippen molar-refractivity contribution in [1.82, 2.24) is 10.0 Å². The van der Waals surface area contributed by atoms with Crippen LogP contribution in [0.5, 0.6) is 0 Å². The maximum absolute atomic E-state index is 12.7. The molecule has 0 heterocycles. The molecule has 1 aromatic carbocycles. The Balaban J connectivity index is 1.48. The van der Waals surface area contributed by atoms with Crippen molar-refractivity contribution in [3.05, 3.63) is 29.8 Å². The summed E-state index contributed by atoms with van der Waals surface area (Å²) in [5.74, 6) is 2.26. The molecule has 0 unspecified atom stereocenters. The van der Waals surface area contributed by atoms with E-state index in [0.29, 0.717) is 12.1 Å². The van der Waals surface area contributed by atoms with Crippen LogP contribution in [0, 0.1) is 17.8 Å². The molecule has 0 radical (unpaired) electrons. The number of carbonyl (C=O) groups excluding carboxylic acids is 1. The maximum Gasteiger partial charge on any atom is 0.251 e. The summed E-state index contributed by atoms with van der Waals surface area (Å²) in [5, 5.41) is 3.32. The minimum absolute atomic E-state index is 0.0274. The van der Waals surface area contributed by atoms with Crippen LogP contribution in [-0.2, 0) is 10.0 Å². The number of benzene rings is 1. The number of hydrogen-bond donors (Lipinski definition) is 2. The van der Waals surface area contributed by atoms with Crippen molar-refractivity contribution >= 4 is 15.9 Å². The molecule has 0 aliphatic heterocycles. The molecule has 136 valence electrons. The second kappa shape index (κ2) is 6.09. The first-order valence-corrected chi connectivity index (χ1v) is 10.8. The fourth-order valence-corrected chi connectivity index (χ4v) is 6.68. The fourth-order valence-electron chi connectivity index (χ4n) is 5.64. The van der Waals surface area contributed by atoms with Crippen LogP contribution in [0.4, 0.5) is 0 Å². The van der Waals surface area contributed by atoms with E-state index in [1.165, 1.54) is 31.4 Å². The summed E-state index contributed by atoms with van der Waals surface area (Å²) >= 11 is 0. The molecule has 4 bridgehead atoms. The molecule has 4 fully saturated rings. The Morgan fingerprint density at radius 1 is 1.04 bits per heavy atom. The van der Waals surface area contributed by atoms with Crippen molar-refractivity contribution in [3.63, 3.8) is 0 Å². The molecular weight excluding hydrogens is 336 g/mol. The summed E-state index contributed by atoms with van der Waals surface area (Å²) in [6, 6.07) is 6.24. The van der Waals surface area contributed by atoms with Gasteiger partial charge in [0.2, 0.25) is 10.0 Å². The van der Waals surface area contributed by atoms with E-state index in [4.69, 9.17) is 0 Å². The van der Waals surface area contributed by atoms with E-state index in [-0.39, 0.29) is 16.3 Å². The second-order valence-corrected chi connectivity index (χ2v) is 9.94. The molecule has 4 aliphatic rings. The number of rotatable bonds is 5. The van der Waals surface area contributed by atoms with Crippen molar-refractivity contribution in [1.29, 1.82) is 0 Å². The molecule has 0 saturated heterocycles. The summed E-state index contributed by atoms with van der Waals surface area (Å²) < 4.78 is 26.5. The molecule has 1 aromatic rings. The molecule has 0 spiro atoms. The van der Waals surface area contributed by atoms with Gasteiger partial charge in [-0.15, -0.1) is 0 Å². The lowest BCUT2D eigenvalue weighted by Crippen LogP contribution is -2.59. The summed E-state index contributed by atoms with van der Waals surface area (Å²) in [4.78, 5) is 12.9. The highest BCUT2D eigenvalue weighted by Gasteiger charge is 2.51. The van der Waals surface area contributed by atoms with E-state index in [9.17, 15) is 13.2 Å². The van der Waals surface area contributed by atoms with Crippen molar-refractivity contribution in [2.45, 2.75) is 55.9 Å². The van der Waals surface area contributed by atoms with Crippen LogP contribution in [0.2, 0.25) is 0 Å². The highest BCUT2D eigenvalue weighted by atomic mass is 32.2. The van der Waals surface area contributed by atoms with Gasteiger partial charge in [-0.1, -0.05) is 6.92 Å². The fraction of sp³-hybridized carbons (Fsp3) is 0.632. The predicted molar refractivity (Wildman–Crippen MR) is 95.7 cm³/mol. The van der Waals surface area contributed by atoms with Crippen molar-refractivity contribution < 1.29 is 13.2 Å². The topological polar surface area (TPSA) is 75.3 Å². The van der Waals surface area contributed by atoms with Crippen molar-refractivity contribution in [3.8, 4) is 0 Å². The first-order chi connectivity index (χ1) is 11.9. The predicted octanol–water partition coefficient (Wildman–Crippen LogP) is 2.68. The molecule has 5 rings (SSSR count). The quantitative estimate of drug-likeness (QED) is 0.846. The first kappa shape index (κ1) is 17.0. The SMILES string of the molecule is CCNS(=O)(=O)c1ccc(C(=O)NC23CC4CC(CC(C4)C2)C3)cc1. The molecule has 4 saturated carbocycles. The minimum Gasteiger partial charge on any atom is -0.347 e. The van der Waals surface area contributed by atoms with Crippen LogP contribution in [0.15, 0.2) is 29.2 Å². The van der Waals surface area contributed by atoms with Crippen molar-refractivity contribution in [2.24, 2.45) is 17.8 Å². The molecule has 4 aliphatic carbocycles. The third kappa shape index (κ3) is 3.22. The Hall–Kier alpha value is -1.40. The maximum atomic E-state index is 12.7. The highest BCUT2D eigenvalue weighted by molar-refractivity contribution is 7.89. The highest BCUT2D eigenvalue weighted by Crippen LogP contribution is 2.55. The summed E-state index contributed by atoms with van der Waals surface area (Å²) in [7, 11) is -3.48. The summed E-state index contributed by atoms with van der Waals surface area (Å²) in [6.45, 7) is 2.08. The van der Waals surface area contributed by atoms with Crippen LogP contribution < -0.4 is 10.0 Å². The lowest BCUT2D eigenvalue weighted by atomic mass is 9.53. The van der Waals surface area contributed by atoms with E-state index in [1.54, 1.807) is 19.1 Å². The van der Waals surface area contributed by atoms with Gasteiger partial charge in [-0.05, 0) is 80.5 Å². The Labute approximate surface area is 149 Å². The molecule has 5 nitrogen and oxygen atoms in total. The van der Waals surface area contributed by atoms with Crippen LogP contribution >= 0.6 is 0 Å². The zero-order valence-corrected chi connectivity index (χ0v) is 15.4. The van der Waals surface area contributed by atoms with Crippen molar-refractivity contribution in [2.75, 3.05) is 6.54 Å².